The summed E-state index contributed by atoms with van der Waals surface area (Å²) in [5.41, 5.74) is -4.22. The number of aromatic nitrogens is 2. The summed E-state index contributed by atoms with van der Waals surface area (Å²) >= 11 is 9.24. The van der Waals surface area contributed by atoms with E-state index in [2.05, 4.69) is 25.4 Å². The number of H-pyrrole nitrogens is 1. The van der Waals surface area contributed by atoms with Crippen LogP contribution in [0.5, 0.6) is 0 Å². The molecule has 0 aromatic carbocycles. The van der Waals surface area contributed by atoms with Crippen molar-refractivity contribution in [3.8, 4) is 0 Å². The molecule has 0 bridgehead atoms. The third-order valence-electron chi connectivity index (χ3n) is 3.73. The number of alkyl halides is 4. The van der Waals surface area contributed by atoms with Crippen molar-refractivity contribution >= 4 is 47.9 Å². The summed E-state index contributed by atoms with van der Waals surface area (Å²) in [5.74, 6) is -1.27. The van der Waals surface area contributed by atoms with Crippen molar-refractivity contribution in [2.75, 3.05) is 6.61 Å². The average Bonchev–Trinajstić information content (AvgIpc) is 2.91. The van der Waals surface area contributed by atoms with Crippen LogP contribution >= 0.6 is 47.9 Å². The van der Waals surface area contributed by atoms with E-state index in [-0.39, 0.29) is 4.57 Å². The first kappa shape index (κ1) is 28.8. The molecule has 5 N–H and O–H groups in total. The van der Waals surface area contributed by atoms with Crippen molar-refractivity contribution in [1.82, 2.24) is 9.55 Å². The van der Waals surface area contributed by atoms with Crippen LogP contribution in [0, 0.1) is 15.2 Å². The number of nitrogens with one attached hydrogen (secondary N) is 1. The number of ether oxygens (including phenoxy) is 1. The number of aromatic amines is 1. The van der Waals surface area contributed by atoms with Gasteiger partial charge in [0.15, 0.2) is 16.8 Å². The van der Waals surface area contributed by atoms with Gasteiger partial charge in [-0.3, -0.25) is 9.09 Å². The quantitative estimate of drug-likeness (QED) is 0.169. The van der Waals surface area contributed by atoms with Crippen molar-refractivity contribution < 1.29 is 73.1 Å². The first-order chi connectivity index (χ1) is 14.7. The van der Waals surface area contributed by atoms with E-state index in [0.29, 0.717) is 6.20 Å². The fraction of sp³-hybridized carbons (Fsp3) is 0.600. The molecule has 13 nitrogen and oxygen atoms in total. The molecule has 33 heavy (non-hydrogen) atoms. The Kier molecular flexibility index (Phi) is 8.32. The Balaban J connectivity index is 2.25. The van der Waals surface area contributed by atoms with Gasteiger partial charge >= 0.3 is 29.6 Å². The van der Waals surface area contributed by atoms with E-state index in [0.717, 1.165) is 0 Å². The highest BCUT2D eigenvalue weighted by atomic mass is 32.1. The molecular formula is C10H12F5N2O11P3S2. The molecule has 0 spiro atoms. The first-order valence-corrected chi connectivity index (χ1v) is 13.2. The highest BCUT2D eigenvalue weighted by Crippen LogP contribution is 2.66. The highest BCUT2D eigenvalue weighted by molar-refractivity contribution is 7.72. The van der Waals surface area contributed by atoms with Crippen molar-refractivity contribution in [2.24, 2.45) is 0 Å². The number of halogens is 5. The van der Waals surface area contributed by atoms with E-state index in [1.54, 1.807) is 0 Å². The molecule has 1 aliphatic rings. The molecule has 1 fully saturated rings. The van der Waals surface area contributed by atoms with Crippen LogP contribution in [-0.2, 0) is 31.6 Å². The second-order valence-electron chi connectivity index (χ2n) is 6.21. The van der Waals surface area contributed by atoms with Crippen LogP contribution in [0.3, 0.4) is 0 Å². The smallest absolute Gasteiger partial charge is 0.348 e. The van der Waals surface area contributed by atoms with Gasteiger partial charge in [0.1, 0.15) is 4.64 Å². The van der Waals surface area contributed by atoms with Gasteiger partial charge in [-0.05, 0) is 12.2 Å². The Bertz CT molecular complexity index is 1170. The second kappa shape index (κ2) is 9.54. The van der Waals surface area contributed by atoms with Gasteiger partial charge in [-0.25, -0.2) is 22.5 Å². The minimum atomic E-state index is -5.90. The third-order valence-corrected chi connectivity index (χ3v) is 8.14. The molecular weight excluding hydrogens is 576 g/mol. The maximum Gasteiger partial charge on any atom is 0.490 e. The lowest BCUT2D eigenvalue weighted by Crippen LogP contribution is -2.45. The van der Waals surface area contributed by atoms with Crippen molar-refractivity contribution in [1.29, 1.82) is 0 Å². The fourth-order valence-corrected chi connectivity index (χ4v) is 6.04. The van der Waals surface area contributed by atoms with E-state index in [1.165, 1.54) is 0 Å². The summed E-state index contributed by atoms with van der Waals surface area (Å²) in [7, 11) is -17.3. The number of phosphoric acid groups is 3. The number of nitrogens with zero attached hydrogens (tertiary/aromatic N) is 1. The summed E-state index contributed by atoms with van der Waals surface area (Å²) in [6, 6.07) is 0. The lowest BCUT2D eigenvalue weighted by atomic mass is 9.99. The standard InChI is InChI=1S/C10H12F5N2O11P3S2/c11-5-2-17(8(33)16-6(5)32)7-9(12,10(13,14)15)1-4(26-7)3-25-30(21,22)28-31(23,24)27-29(18,19)20/h2,4,7H,1,3H2,(H,21,22)(H,23,24)(H,16,32,33)(H2,18,19,20)/t4?,7-,9-/m1/s1. The predicted molar refractivity (Wildman–Crippen MR) is 98.6 cm³/mol. The number of rotatable bonds is 8. The topological polar surface area (TPSA) is 190 Å². The Morgan fingerprint density at radius 1 is 1.18 bits per heavy atom. The lowest BCUT2D eigenvalue weighted by Gasteiger charge is -2.29. The van der Waals surface area contributed by atoms with Gasteiger partial charge in [0, 0.05) is 12.6 Å². The Morgan fingerprint density at radius 2 is 1.76 bits per heavy atom. The first-order valence-electron chi connectivity index (χ1n) is 7.86. The zero-order valence-corrected chi connectivity index (χ0v) is 19.6. The molecule has 1 aromatic heterocycles. The Morgan fingerprint density at radius 3 is 2.27 bits per heavy atom. The Labute approximate surface area is 189 Å². The fourth-order valence-electron chi connectivity index (χ4n) is 2.53. The third kappa shape index (κ3) is 7.27. The van der Waals surface area contributed by atoms with Crippen LogP contribution in [0.2, 0.25) is 0 Å². The van der Waals surface area contributed by atoms with Crippen LogP contribution in [0.25, 0.3) is 0 Å². The number of phosphoric ester groups is 1. The molecule has 5 atom stereocenters. The van der Waals surface area contributed by atoms with E-state index < -0.39 is 75.9 Å². The van der Waals surface area contributed by atoms with Crippen LogP contribution in [0.4, 0.5) is 22.0 Å². The molecule has 23 heteroatoms. The van der Waals surface area contributed by atoms with E-state index >= 15 is 4.39 Å². The summed E-state index contributed by atoms with van der Waals surface area (Å²) in [6.45, 7) is -1.37. The summed E-state index contributed by atoms with van der Waals surface area (Å²) in [5, 5.41) is 0. The van der Waals surface area contributed by atoms with Gasteiger partial charge in [-0.15, -0.1) is 0 Å². The van der Waals surface area contributed by atoms with Gasteiger partial charge in [0.25, 0.3) is 5.67 Å². The van der Waals surface area contributed by atoms with Crippen molar-refractivity contribution in [3.63, 3.8) is 0 Å². The number of hydrogen-bond donors (Lipinski definition) is 5. The summed E-state index contributed by atoms with van der Waals surface area (Å²) in [6.07, 6.45) is -11.5. The molecule has 3 unspecified atom stereocenters. The highest BCUT2D eigenvalue weighted by Gasteiger charge is 2.67. The van der Waals surface area contributed by atoms with Gasteiger partial charge in [0.05, 0.1) is 12.7 Å². The van der Waals surface area contributed by atoms with E-state index in [4.69, 9.17) is 31.6 Å². The van der Waals surface area contributed by atoms with Crippen molar-refractivity contribution in [2.45, 2.75) is 30.6 Å². The maximum absolute atomic E-state index is 15.0. The van der Waals surface area contributed by atoms with Crippen LogP contribution in [0.1, 0.15) is 12.6 Å². The molecule has 1 aromatic rings. The largest absolute Gasteiger partial charge is 0.490 e. The molecule has 1 aliphatic heterocycles. The van der Waals surface area contributed by atoms with Gasteiger partial charge in [-0.2, -0.15) is 21.8 Å². The van der Waals surface area contributed by atoms with Gasteiger partial charge in [0.2, 0.25) is 0 Å². The molecule has 2 rings (SSSR count). The van der Waals surface area contributed by atoms with Crippen molar-refractivity contribution in [3.05, 3.63) is 21.4 Å². The summed E-state index contributed by atoms with van der Waals surface area (Å²) in [4.78, 5) is 37.3. The molecule has 0 amide bonds. The van der Waals surface area contributed by atoms with Crippen LogP contribution < -0.4 is 0 Å². The zero-order valence-electron chi connectivity index (χ0n) is 15.3. The molecule has 1 saturated heterocycles. The number of hydrogen-bond acceptors (Lipinski definition) is 9. The molecule has 0 saturated carbocycles. The van der Waals surface area contributed by atoms with Gasteiger partial charge < -0.3 is 29.3 Å². The average molecular weight is 588 g/mol. The predicted octanol–water partition coefficient (Wildman–Crippen LogP) is 3.32. The normalized spacial score (nSPS) is 27.8. The lowest BCUT2D eigenvalue weighted by molar-refractivity contribution is -0.256. The van der Waals surface area contributed by atoms with E-state index in [9.17, 15) is 36.2 Å². The van der Waals surface area contributed by atoms with Crippen LogP contribution in [-0.4, -0.2) is 53.7 Å². The van der Waals surface area contributed by atoms with Gasteiger partial charge in [-0.1, -0.05) is 12.2 Å². The van der Waals surface area contributed by atoms with E-state index in [1.807, 2.05) is 4.98 Å². The molecule has 0 aliphatic carbocycles. The SMILES string of the molecule is O=P(O)(O)OP(=O)(O)OP(=O)(O)OCC1C[C@](F)(C(F)(F)F)[C@H](n2cc(F)c(=S)[nH]c2=S)O1. The Hall–Kier alpha value is -0.460. The second-order valence-corrected chi connectivity index (χ2v) is 11.4. The van der Waals surface area contributed by atoms with Crippen LogP contribution in [0.15, 0.2) is 6.20 Å². The zero-order chi connectivity index (χ0) is 25.6. The molecule has 0 radical (unpaired) electrons. The minimum absolute atomic E-state index is 0.235. The molecule has 190 valence electrons. The maximum atomic E-state index is 15.0. The monoisotopic (exact) mass is 588 g/mol. The summed E-state index contributed by atoms with van der Waals surface area (Å²) < 4.78 is 118. The minimum Gasteiger partial charge on any atom is -0.348 e. The molecule has 2 heterocycles.